The summed E-state index contributed by atoms with van der Waals surface area (Å²) < 4.78 is 11.1. The summed E-state index contributed by atoms with van der Waals surface area (Å²) in [4.78, 5) is 22.9. The normalized spacial score (nSPS) is 10.2. The maximum atomic E-state index is 11.6. The first-order valence-electron chi connectivity index (χ1n) is 7.18. The fourth-order valence-corrected chi connectivity index (χ4v) is 2.02. The van der Waals surface area contributed by atoms with Crippen molar-refractivity contribution in [2.45, 2.75) is 45.6 Å². The second kappa shape index (κ2) is 10.4. The monoisotopic (exact) mass is 356 g/mol. The van der Waals surface area contributed by atoms with Gasteiger partial charge in [-0.1, -0.05) is 47.5 Å². The molecule has 0 aromatic heterocycles. The smallest absolute Gasteiger partial charge is 0.306 e. The highest BCUT2D eigenvalue weighted by atomic mass is 79.9. The average molecular weight is 357 g/mol. The van der Waals surface area contributed by atoms with E-state index in [2.05, 4.69) is 15.9 Å². The summed E-state index contributed by atoms with van der Waals surface area (Å²) in [5, 5.41) is 0. The van der Waals surface area contributed by atoms with Crippen LogP contribution in [0.5, 0.6) is 0 Å². The zero-order valence-electron chi connectivity index (χ0n) is 12.3. The van der Waals surface area contributed by atoms with E-state index in [-0.39, 0.29) is 31.4 Å². The highest BCUT2D eigenvalue weighted by Gasteiger charge is 2.08. The molecule has 1 aromatic rings. The van der Waals surface area contributed by atoms with Crippen molar-refractivity contribution in [1.29, 1.82) is 0 Å². The molecule has 0 aliphatic rings. The van der Waals surface area contributed by atoms with Gasteiger partial charge >= 0.3 is 11.9 Å². The van der Waals surface area contributed by atoms with Gasteiger partial charge in [0.25, 0.3) is 0 Å². The van der Waals surface area contributed by atoms with Crippen molar-refractivity contribution in [3.05, 3.63) is 34.3 Å². The molecule has 0 amide bonds. The number of ether oxygens (including phenoxy) is 2. The number of unbranched alkanes of at least 4 members (excludes halogenated alkanes) is 1. The lowest BCUT2D eigenvalue weighted by atomic mass is 10.2. The second-order valence-corrected chi connectivity index (χ2v) is 5.53. The maximum absolute atomic E-state index is 11.6. The lowest BCUT2D eigenvalue weighted by Gasteiger charge is -2.07. The van der Waals surface area contributed by atoms with Crippen LogP contribution in [0.15, 0.2) is 28.7 Å². The van der Waals surface area contributed by atoms with Crippen molar-refractivity contribution in [2.75, 3.05) is 6.61 Å². The Labute approximate surface area is 133 Å². The number of halogens is 1. The van der Waals surface area contributed by atoms with Crippen LogP contribution in [0.25, 0.3) is 0 Å². The number of hydrogen-bond donors (Lipinski definition) is 0. The molecule has 0 spiro atoms. The summed E-state index contributed by atoms with van der Waals surface area (Å²) in [6.45, 7) is 2.73. The molecule has 1 rings (SSSR count). The van der Waals surface area contributed by atoms with Crippen LogP contribution in [0, 0.1) is 0 Å². The van der Waals surface area contributed by atoms with E-state index in [1.807, 2.05) is 31.2 Å². The topological polar surface area (TPSA) is 52.6 Å². The van der Waals surface area contributed by atoms with E-state index < -0.39 is 0 Å². The van der Waals surface area contributed by atoms with Crippen LogP contribution in [0.1, 0.15) is 44.6 Å². The highest BCUT2D eigenvalue weighted by molar-refractivity contribution is 9.10. The molecule has 0 bridgehead atoms. The van der Waals surface area contributed by atoms with Crippen molar-refractivity contribution >= 4 is 27.9 Å². The van der Waals surface area contributed by atoms with E-state index in [1.165, 1.54) is 0 Å². The van der Waals surface area contributed by atoms with Gasteiger partial charge in [0.15, 0.2) is 0 Å². The van der Waals surface area contributed by atoms with Gasteiger partial charge in [-0.25, -0.2) is 0 Å². The molecule has 116 valence electrons. The summed E-state index contributed by atoms with van der Waals surface area (Å²) in [5.74, 6) is -0.547. The molecule has 0 saturated heterocycles. The molecule has 0 aliphatic heterocycles. The van der Waals surface area contributed by atoms with Crippen molar-refractivity contribution in [2.24, 2.45) is 0 Å². The first kappa shape index (κ1) is 17.7. The van der Waals surface area contributed by atoms with Gasteiger partial charge in [-0.15, -0.1) is 0 Å². The largest absolute Gasteiger partial charge is 0.466 e. The van der Waals surface area contributed by atoms with E-state index in [9.17, 15) is 9.59 Å². The number of carbonyl (C=O) groups excluding carboxylic acids is 2. The van der Waals surface area contributed by atoms with E-state index in [1.54, 1.807) is 0 Å². The fourth-order valence-electron chi connectivity index (χ4n) is 1.63. The lowest BCUT2D eigenvalue weighted by molar-refractivity contribution is -0.146. The minimum atomic E-state index is -0.299. The zero-order chi connectivity index (χ0) is 15.5. The summed E-state index contributed by atoms with van der Waals surface area (Å²) in [5.41, 5.74) is 0.921. The third kappa shape index (κ3) is 7.85. The molecule has 0 unspecified atom stereocenters. The molecule has 1 aromatic carbocycles. The van der Waals surface area contributed by atoms with Crippen LogP contribution >= 0.6 is 15.9 Å². The first-order valence-corrected chi connectivity index (χ1v) is 7.97. The van der Waals surface area contributed by atoms with Gasteiger partial charge in [-0.05, 0) is 18.9 Å². The number of rotatable bonds is 9. The minimum absolute atomic E-state index is 0.229. The Bertz CT molecular complexity index is 459. The van der Waals surface area contributed by atoms with Crippen molar-refractivity contribution in [1.82, 2.24) is 0 Å². The summed E-state index contributed by atoms with van der Waals surface area (Å²) in [6, 6.07) is 7.58. The fraction of sp³-hybridized carbons (Fsp3) is 0.500. The van der Waals surface area contributed by atoms with E-state index in [0.29, 0.717) is 13.0 Å². The van der Waals surface area contributed by atoms with Gasteiger partial charge in [0.05, 0.1) is 6.61 Å². The van der Waals surface area contributed by atoms with Crippen LogP contribution in [0.3, 0.4) is 0 Å². The zero-order valence-corrected chi connectivity index (χ0v) is 13.9. The molecule has 0 N–H and O–H groups in total. The molecule has 0 heterocycles. The molecule has 0 saturated carbocycles. The van der Waals surface area contributed by atoms with Crippen LogP contribution < -0.4 is 0 Å². The first-order chi connectivity index (χ1) is 10.1. The van der Waals surface area contributed by atoms with Crippen LogP contribution in [-0.4, -0.2) is 18.5 Å². The summed E-state index contributed by atoms with van der Waals surface area (Å²) in [6.07, 6.45) is 2.81. The molecule has 4 nitrogen and oxygen atoms in total. The third-order valence-electron chi connectivity index (χ3n) is 2.87. The third-order valence-corrected chi connectivity index (χ3v) is 3.64. The highest BCUT2D eigenvalue weighted by Crippen LogP contribution is 2.17. The van der Waals surface area contributed by atoms with Crippen LogP contribution in [0.4, 0.5) is 0 Å². The quantitative estimate of drug-likeness (QED) is 0.495. The number of esters is 2. The van der Waals surface area contributed by atoms with E-state index in [4.69, 9.17) is 9.47 Å². The van der Waals surface area contributed by atoms with Gasteiger partial charge in [-0.3, -0.25) is 9.59 Å². The Morgan fingerprint density at radius 2 is 1.71 bits per heavy atom. The molecule has 0 aliphatic carbocycles. The van der Waals surface area contributed by atoms with Crippen LogP contribution in [-0.2, 0) is 25.7 Å². The van der Waals surface area contributed by atoms with Gasteiger partial charge < -0.3 is 9.47 Å². The summed E-state index contributed by atoms with van der Waals surface area (Å²) >= 11 is 3.40. The van der Waals surface area contributed by atoms with Crippen molar-refractivity contribution in [3.8, 4) is 0 Å². The molecule has 0 radical (unpaired) electrons. The van der Waals surface area contributed by atoms with Gasteiger partial charge in [-0.2, -0.15) is 0 Å². The molecule has 0 fully saturated rings. The predicted octanol–water partition coefficient (Wildman–Crippen LogP) is 4.01. The average Bonchev–Trinajstić information content (AvgIpc) is 2.47. The Balaban J connectivity index is 2.14. The molecular weight excluding hydrogens is 336 g/mol. The lowest BCUT2D eigenvalue weighted by Crippen LogP contribution is -2.08. The number of benzene rings is 1. The van der Waals surface area contributed by atoms with Crippen molar-refractivity contribution < 1.29 is 19.1 Å². The van der Waals surface area contributed by atoms with Gasteiger partial charge in [0.1, 0.15) is 6.61 Å². The number of carbonyl (C=O) groups is 2. The maximum Gasteiger partial charge on any atom is 0.306 e. The van der Waals surface area contributed by atoms with Crippen molar-refractivity contribution in [3.63, 3.8) is 0 Å². The molecule has 21 heavy (non-hydrogen) atoms. The van der Waals surface area contributed by atoms with Crippen LogP contribution in [0.2, 0.25) is 0 Å². The molecular formula is C16H21BrO4. The minimum Gasteiger partial charge on any atom is -0.466 e. The Hall–Kier alpha value is -1.36. The van der Waals surface area contributed by atoms with E-state index >= 15 is 0 Å². The standard InChI is InChI=1S/C16H21BrO4/c1-2-3-11-20-15(18)9-6-10-16(19)21-12-13-7-4-5-8-14(13)17/h4-5,7-8H,2-3,6,9-12H2,1H3. The number of hydrogen-bond acceptors (Lipinski definition) is 4. The van der Waals surface area contributed by atoms with Gasteiger partial charge in [0.2, 0.25) is 0 Å². The SMILES string of the molecule is CCCCOC(=O)CCCC(=O)OCc1ccccc1Br. The Kier molecular flexibility index (Phi) is 8.74. The molecule has 0 atom stereocenters. The predicted molar refractivity (Wildman–Crippen MR) is 83.7 cm³/mol. The Morgan fingerprint density at radius 3 is 2.38 bits per heavy atom. The molecule has 5 heteroatoms. The van der Waals surface area contributed by atoms with Gasteiger partial charge in [0, 0.05) is 22.9 Å². The second-order valence-electron chi connectivity index (χ2n) is 4.68. The summed E-state index contributed by atoms with van der Waals surface area (Å²) in [7, 11) is 0. The Morgan fingerprint density at radius 1 is 1.05 bits per heavy atom. The van der Waals surface area contributed by atoms with E-state index in [0.717, 1.165) is 22.9 Å².